The second kappa shape index (κ2) is 13.5. The number of para-hydroxylation sites is 2. The molecule has 2 heteroatoms. The Hall–Kier alpha value is -6.64. The minimum Gasteiger partial charge on any atom is -0.310 e. The lowest BCUT2D eigenvalue weighted by Gasteiger charge is -2.26. The second-order valence-corrected chi connectivity index (χ2v) is 14.0. The molecule has 1 aromatic heterocycles. The SMILES string of the molecule is Cc1ccc(-c2ccccc2-n2c3ccccc3c3ccc(N(c4ccc(-c5ccccc5)cc4)c4ccc(-c5ccccc5C)cc4)cc32)cc1C. The van der Waals surface area contributed by atoms with Gasteiger partial charge in [-0.1, -0.05) is 140 Å². The maximum absolute atomic E-state index is 2.46. The van der Waals surface area contributed by atoms with Crippen molar-refractivity contribution in [2.75, 3.05) is 4.90 Å². The van der Waals surface area contributed by atoms with Crippen LogP contribution in [0.1, 0.15) is 16.7 Å². The average Bonchev–Trinajstić information content (AvgIpc) is 3.54. The normalized spacial score (nSPS) is 11.3. The number of benzene rings is 8. The summed E-state index contributed by atoms with van der Waals surface area (Å²) >= 11 is 0. The Morgan fingerprint density at radius 2 is 0.906 bits per heavy atom. The zero-order valence-electron chi connectivity index (χ0n) is 30.3. The molecule has 254 valence electrons. The fourth-order valence-electron chi connectivity index (χ4n) is 7.75. The van der Waals surface area contributed by atoms with Crippen LogP contribution in [0.4, 0.5) is 17.1 Å². The predicted octanol–water partition coefficient (Wildman–Crippen LogP) is 14.2. The minimum absolute atomic E-state index is 1.10. The van der Waals surface area contributed by atoms with Gasteiger partial charge in [-0.3, -0.25) is 0 Å². The first-order valence-electron chi connectivity index (χ1n) is 18.4. The van der Waals surface area contributed by atoms with Gasteiger partial charge in [-0.05, 0) is 114 Å². The third-order valence-electron chi connectivity index (χ3n) is 10.7. The Balaban J connectivity index is 1.24. The van der Waals surface area contributed by atoms with Gasteiger partial charge in [-0.2, -0.15) is 0 Å². The summed E-state index contributed by atoms with van der Waals surface area (Å²) in [5, 5.41) is 2.47. The molecule has 0 N–H and O–H groups in total. The molecule has 0 saturated carbocycles. The zero-order valence-corrected chi connectivity index (χ0v) is 30.3. The molecule has 0 saturated heterocycles. The van der Waals surface area contributed by atoms with E-state index in [9.17, 15) is 0 Å². The summed E-state index contributed by atoms with van der Waals surface area (Å²) in [5.74, 6) is 0. The highest BCUT2D eigenvalue weighted by molar-refractivity contribution is 6.11. The van der Waals surface area contributed by atoms with E-state index in [1.54, 1.807) is 0 Å². The molecule has 0 spiro atoms. The van der Waals surface area contributed by atoms with Crippen molar-refractivity contribution in [3.8, 4) is 39.1 Å². The van der Waals surface area contributed by atoms with Crippen LogP contribution in [0.2, 0.25) is 0 Å². The van der Waals surface area contributed by atoms with E-state index >= 15 is 0 Å². The molecule has 1 heterocycles. The van der Waals surface area contributed by atoms with Crippen molar-refractivity contribution >= 4 is 38.9 Å². The van der Waals surface area contributed by atoms with Crippen LogP contribution in [0, 0.1) is 20.8 Å². The summed E-state index contributed by atoms with van der Waals surface area (Å²) in [6, 6.07) is 68.5. The molecule has 2 nitrogen and oxygen atoms in total. The van der Waals surface area contributed by atoms with Crippen molar-refractivity contribution in [2.45, 2.75) is 20.8 Å². The van der Waals surface area contributed by atoms with Crippen molar-refractivity contribution in [2.24, 2.45) is 0 Å². The fraction of sp³-hybridized carbons (Fsp3) is 0.0588. The largest absolute Gasteiger partial charge is 0.310 e. The topological polar surface area (TPSA) is 8.17 Å². The lowest BCUT2D eigenvalue weighted by Crippen LogP contribution is -2.10. The van der Waals surface area contributed by atoms with E-state index in [-0.39, 0.29) is 0 Å². The number of aryl methyl sites for hydroxylation is 3. The van der Waals surface area contributed by atoms with Crippen LogP contribution in [0.5, 0.6) is 0 Å². The molecule has 53 heavy (non-hydrogen) atoms. The molecular weight excluding hydrogens is 641 g/mol. The Morgan fingerprint density at radius 1 is 0.340 bits per heavy atom. The first-order chi connectivity index (χ1) is 26.0. The number of hydrogen-bond acceptors (Lipinski definition) is 1. The first-order valence-corrected chi connectivity index (χ1v) is 18.4. The number of fused-ring (bicyclic) bond motifs is 3. The van der Waals surface area contributed by atoms with Crippen LogP contribution in [0.25, 0.3) is 60.9 Å². The third-order valence-corrected chi connectivity index (χ3v) is 10.7. The molecule has 0 unspecified atom stereocenters. The van der Waals surface area contributed by atoms with Gasteiger partial charge in [0.1, 0.15) is 0 Å². The monoisotopic (exact) mass is 680 g/mol. The van der Waals surface area contributed by atoms with E-state index < -0.39 is 0 Å². The van der Waals surface area contributed by atoms with Gasteiger partial charge in [0.15, 0.2) is 0 Å². The highest BCUT2D eigenvalue weighted by Gasteiger charge is 2.19. The van der Waals surface area contributed by atoms with Crippen LogP contribution >= 0.6 is 0 Å². The van der Waals surface area contributed by atoms with E-state index in [4.69, 9.17) is 0 Å². The number of aromatic nitrogens is 1. The summed E-state index contributed by atoms with van der Waals surface area (Å²) < 4.78 is 2.46. The van der Waals surface area contributed by atoms with Gasteiger partial charge in [-0.25, -0.2) is 0 Å². The summed E-state index contributed by atoms with van der Waals surface area (Å²) in [6.45, 7) is 6.55. The van der Waals surface area contributed by atoms with Gasteiger partial charge in [0.2, 0.25) is 0 Å². The number of nitrogens with zero attached hydrogens (tertiary/aromatic N) is 2. The van der Waals surface area contributed by atoms with Crippen molar-refractivity contribution in [1.82, 2.24) is 4.57 Å². The molecule has 0 atom stereocenters. The van der Waals surface area contributed by atoms with Gasteiger partial charge in [-0.15, -0.1) is 0 Å². The van der Waals surface area contributed by atoms with Crippen LogP contribution < -0.4 is 4.90 Å². The maximum atomic E-state index is 2.46. The lowest BCUT2D eigenvalue weighted by molar-refractivity contribution is 1.18. The molecular formula is C51H40N2. The van der Waals surface area contributed by atoms with Crippen molar-refractivity contribution < 1.29 is 0 Å². The molecule has 0 radical (unpaired) electrons. The summed E-state index contributed by atoms with van der Waals surface area (Å²) in [6.07, 6.45) is 0. The van der Waals surface area contributed by atoms with E-state index in [0.29, 0.717) is 0 Å². The van der Waals surface area contributed by atoms with E-state index in [0.717, 1.165) is 17.1 Å². The Bertz CT molecular complexity index is 2740. The van der Waals surface area contributed by atoms with Crippen LogP contribution in [0.15, 0.2) is 188 Å². The van der Waals surface area contributed by atoms with E-state index in [1.165, 1.54) is 77.6 Å². The Kier molecular flexibility index (Phi) is 8.21. The summed E-state index contributed by atoms with van der Waals surface area (Å²) in [5.41, 5.74) is 18.0. The predicted molar refractivity (Wildman–Crippen MR) is 226 cm³/mol. The molecule has 0 fully saturated rings. The van der Waals surface area contributed by atoms with Crippen molar-refractivity contribution in [3.63, 3.8) is 0 Å². The van der Waals surface area contributed by atoms with Crippen LogP contribution in [0.3, 0.4) is 0 Å². The van der Waals surface area contributed by atoms with Crippen molar-refractivity contribution in [3.05, 3.63) is 205 Å². The average molecular weight is 681 g/mol. The summed E-state index contributed by atoms with van der Waals surface area (Å²) in [7, 11) is 0. The smallest absolute Gasteiger partial charge is 0.0562 e. The fourth-order valence-corrected chi connectivity index (χ4v) is 7.75. The van der Waals surface area contributed by atoms with Gasteiger partial charge in [0.25, 0.3) is 0 Å². The molecule has 0 amide bonds. The maximum Gasteiger partial charge on any atom is 0.0562 e. The Morgan fingerprint density at radius 3 is 1.64 bits per heavy atom. The highest BCUT2D eigenvalue weighted by atomic mass is 15.1. The van der Waals surface area contributed by atoms with Gasteiger partial charge in [0, 0.05) is 33.4 Å². The van der Waals surface area contributed by atoms with Gasteiger partial charge < -0.3 is 9.47 Å². The Labute approximate surface area is 311 Å². The molecule has 9 rings (SSSR count). The second-order valence-electron chi connectivity index (χ2n) is 14.0. The van der Waals surface area contributed by atoms with Crippen molar-refractivity contribution in [1.29, 1.82) is 0 Å². The molecule has 0 aliphatic heterocycles. The van der Waals surface area contributed by atoms with Gasteiger partial charge in [0.05, 0.1) is 16.7 Å². The first kappa shape index (κ1) is 32.3. The molecule has 0 aliphatic carbocycles. The van der Waals surface area contributed by atoms with Gasteiger partial charge >= 0.3 is 0 Å². The quantitative estimate of drug-likeness (QED) is 0.163. The minimum atomic E-state index is 1.10. The standard InChI is InChI=1S/C51H40N2/c1-35-21-22-41(33-37(35)3)46-17-9-11-19-49(46)53-50-20-12-10-18-47(50)48-32-31-44(34-51(48)53)52(42-27-23-39(24-28-42)38-14-5-4-6-15-38)43-29-25-40(26-30-43)45-16-8-7-13-36(45)2/h4-34H,1-3H3. The van der Waals surface area contributed by atoms with E-state index in [2.05, 4.69) is 218 Å². The highest BCUT2D eigenvalue weighted by Crippen LogP contribution is 2.42. The zero-order chi connectivity index (χ0) is 35.9. The lowest BCUT2D eigenvalue weighted by atomic mass is 9.99. The van der Waals surface area contributed by atoms with Crippen LogP contribution in [-0.2, 0) is 0 Å². The van der Waals surface area contributed by atoms with E-state index in [1.807, 2.05) is 0 Å². The molecule has 9 aromatic rings. The van der Waals surface area contributed by atoms with Crippen LogP contribution in [-0.4, -0.2) is 4.57 Å². The number of rotatable bonds is 7. The molecule has 8 aromatic carbocycles. The molecule has 0 bridgehead atoms. The third kappa shape index (κ3) is 5.89. The summed E-state index contributed by atoms with van der Waals surface area (Å²) in [4.78, 5) is 2.38. The number of hydrogen-bond donors (Lipinski definition) is 0. The number of anilines is 3. The molecule has 0 aliphatic rings.